The van der Waals surface area contributed by atoms with E-state index in [0.717, 1.165) is 12.8 Å². The van der Waals surface area contributed by atoms with Gasteiger partial charge in [0.15, 0.2) is 0 Å². The van der Waals surface area contributed by atoms with Crippen molar-refractivity contribution in [3.05, 3.63) is 46.1 Å². The second kappa shape index (κ2) is 9.44. The first kappa shape index (κ1) is 23.0. The maximum atomic E-state index is 4.01. The molecule has 0 aromatic rings. The van der Waals surface area contributed by atoms with Gasteiger partial charge in [-0.15, -0.1) is 6.58 Å². The van der Waals surface area contributed by atoms with Crippen LogP contribution >= 0.6 is 0 Å². The average Bonchev–Trinajstić information content (AvgIpc) is 2.50. The Hall–Kier alpha value is -1.04. The molecular weight excluding hydrogens is 288 g/mol. The first-order chi connectivity index (χ1) is 10.9. The molecule has 0 amide bonds. The van der Waals surface area contributed by atoms with E-state index in [4.69, 9.17) is 0 Å². The first-order valence-electron chi connectivity index (χ1n) is 9.56. The van der Waals surface area contributed by atoms with Crippen LogP contribution in [0.4, 0.5) is 0 Å². The SMILES string of the molecule is C=CC(C)(C)CC(C)=C(C(C)=C(C)C(C)C(C)=C(C)CC)C(C)C. The Morgan fingerprint density at radius 3 is 1.79 bits per heavy atom. The molecule has 0 aliphatic carbocycles. The summed E-state index contributed by atoms with van der Waals surface area (Å²) < 4.78 is 0. The van der Waals surface area contributed by atoms with Crippen LogP contribution in [0.25, 0.3) is 0 Å². The zero-order valence-electron chi connectivity index (χ0n) is 18.4. The Kier molecular flexibility index (Phi) is 9.04. The van der Waals surface area contributed by atoms with Gasteiger partial charge < -0.3 is 0 Å². The highest BCUT2D eigenvalue weighted by molar-refractivity contribution is 5.41. The van der Waals surface area contributed by atoms with E-state index < -0.39 is 0 Å². The predicted molar refractivity (Wildman–Crippen MR) is 112 cm³/mol. The van der Waals surface area contributed by atoms with Crippen LogP contribution in [0.3, 0.4) is 0 Å². The molecular formula is C24H42. The van der Waals surface area contributed by atoms with Crippen LogP contribution in [-0.2, 0) is 0 Å². The van der Waals surface area contributed by atoms with E-state index in [1.807, 2.05) is 0 Å². The van der Waals surface area contributed by atoms with Crippen LogP contribution in [0.5, 0.6) is 0 Å². The normalized spacial score (nSPS) is 17.2. The molecule has 0 bridgehead atoms. The van der Waals surface area contributed by atoms with Crippen LogP contribution in [0.1, 0.15) is 89.0 Å². The van der Waals surface area contributed by atoms with E-state index in [0.29, 0.717) is 11.8 Å². The highest BCUT2D eigenvalue weighted by Gasteiger charge is 2.20. The van der Waals surface area contributed by atoms with Crippen molar-refractivity contribution < 1.29 is 0 Å². The molecule has 0 saturated carbocycles. The Bertz CT molecular complexity index is 532. The van der Waals surface area contributed by atoms with Crippen molar-refractivity contribution >= 4 is 0 Å². The molecule has 0 fully saturated rings. The van der Waals surface area contributed by atoms with Gasteiger partial charge in [-0.2, -0.15) is 0 Å². The molecule has 0 saturated heterocycles. The molecule has 1 unspecified atom stereocenters. The summed E-state index contributed by atoms with van der Waals surface area (Å²) in [6.07, 6.45) is 4.30. The molecule has 0 radical (unpaired) electrons. The smallest absolute Gasteiger partial charge is 0.00186 e. The van der Waals surface area contributed by atoms with Gasteiger partial charge in [0.2, 0.25) is 0 Å². The summed E-state index contributed by atoms with van der Waals surface area (Å²) in [4.78, 5) is 0. The molecule has 0 rings (SSSR count). The highest BCUT2D eigenvalue weighted by Crippen LogP contribution is 2.36. The van der Waals surface area contributed by atoms with Crippen LogP contribution in [0, 0.1) is 17.3 Å². The second-order valence-corrected chi connectivity index (χ2v) is 8.56. The molecule has 0 aromatic heterocycles. The summed E-state index contributed by atoms with van der Waals surface area (Å²) in [5, 5.41) is 0. The largest absolute Gasteiger partial charge is 0.103 e. The van der Waals surface area contributed by atoms with E-state index in [1.54, 1.807) is 0 Å². The lowest BCUT2D eigenvalue weighted by molar-refractivity contribution is 0.472. The minimum atomic E-state index is 0.151. The van der Waals surface area contributed by atoms with Gasteiger partial charge in [0.05, 0.1) is 0 Å². The van der Waals surface area contributed by atoms with Gasteiger partial charge in [-0.3, -0.25) is 0 Å². The van der Waals surface area contributed by atoms with E-state index in [-0.39, 0.29) is 5.41 Å². The predicted octanol–water partition coefficient (Wildman–Crippen LogP) is 8.28. The molecule has 0 aliphatic rings. The van der Waals surface area contributed by atoms with Gasteiger partial charge >= 0.3 is 0 Å². The van der Waals surface area contributed by atoms with Gasteiger partial charge in [-0.1, -0.05) is 69.9 Å². The molecule has 0 aromatic carbocycles. The fraction of sp³-hybridized carbons (Fsp3) is 0.667. The molecule has 0 heteroatoms. The van der Waals surface area contributed by atoms with Crippen molar-refractivity contribution in [3.63, 3.8) is 0 Å². The number of hydrogen-bond donors (Lipinski definition) is 0. The van der Waals surface area contributed by atoms with Crippen LogP contribution < -0.4 is 0 Å². The Morgan fingerprint density at radius 2 is 1.42 bits per heavy atom. The molecule has 0 aliphatic heterocycles. The number of rotatable bonds is 8. The first-order valence-corrected chi connectivity index (χ1v) is 9.56. The van der Waals surface area contributed by atoms with Gasteiger partial charge in [0.1, 0.15) is 0 Å². The average molecular weight is 331 g/mol. The molecule has 0 N–H and O–H groups in total. The lowest BCUT2D eigenvalue weighted by atomic mass is 9.78. The standard InChI is InChI=1S/C24H42/c1-13-17(5)19(7)20(8)21(9)22(10)23(16(3)4)18(6)15-24(11,12)14-2/h14,16,20H,2,13,15H2,1,3-12H3. The van der Waals surface area contributed by atoms with E-state index in [1.165, 1.54) is 33.4 Å². The third kappa shape index (κ3) is 6.11. The second-order valence-electron chi connectivity index (χ2n) is 8.56. The van der Waals surface area contributed by atoms with Crippen molar-refractivity contribution in [2.24, 2.45) is 17.3 Å². The van der Waals surface area contributed by atoms with Crippen molar-refractivity contribution in [2.45, 2.75) is 89.0 Å². The maximum Gasteiger partial charge on any atom is -0.00186 e. The summed E-state index contributed by atoms with van der Waals surface area (Å²) in [6.45, 7) is 29.3. The molecule has 0 heterocycles. The van der Waals surface area contributed by atoms with E-state index in [9.17, 15) is 0 Å². The monoisotopic (exact) mass is 330 g/mol. The van der Waals surface area contributed by atoms with E-state index >= 15 is 0 Å². The van der Waals surface area contributed by atoms with Crippen molar-refractivity contribution in [3.8, 4) is 0 Å². The molecule has 24 heavy (non-hydrogen) atoms. The lowest BCUT2D eigenvalue weighted by Gasteiger charge is -2.27. The van der Waals surface area contributed by atoms with Gasteiger partial charge in [-0.25, -0.2) is 0 Å². The molecule has 138 valence electrons. The van der Waals surface area contributed by atoms with Gasteiger partial charge in [0.25, 0.3) is 0 Å². The third-order valence-electron chi connectivity index (χ3n) is 5.81. The summed E-state index contributed by atoms with van der Waals surface area (Å²) in [5.74, 6) is 1.06. The zero-order valence-corrected chi connectivity index (χ0v) is 18.4. The van der Waals surface area contributed by atoms with Crippen molar-refractivity contribution in [1.82, 2.24) is 0 Å². The fourth-order valence-electron chi connectivity index (χ4n) is 3.61. The summed E-state index contributed by atoms with van der Waals surface area (Å²) in [6, 6.07) is 0. The van der Waals surface area contributed by atoms with Gasteiger partial charge in [0, 0.05) is 0 Å². The molecule has 0 nitrogen and oxygen atoms in total. The quantitative estimate of drug-likeness (QED) is 0.310. The Balaban J connectivity index is 6.04. The summed E-state index contributed by atoms with van der Waals surface area (Å²) in [7, 11) is 0. The Labute approximate surface area is 152 Å². The molecule has 0 spiro atoms. The maximum absolute atomic E-state index is 4.01. The van der Waals surface area contributed by atoms with Gasteiger partial charge in [-0.05, 0) is 75.9 Å². The molecule has 1 atom stereocenters. The van der Waals surface area contributed by atoms with Crippen molar-refractivity contribution in [1.29, 1.82) is 0 Å². The highest BCUT2D eigenvalue weighted by atomic mass is 14.3. The summed E-state index contributed by atoms with van der Waals surface area (Å²) >= 11 is 0. The topological polar surface area (TPSA) is 0 Å². The third-order valence-corrected chi connectivity index (χ3v) is 5.81. The number of allylic oxidation sites excluding steroid dienone is 7. The zero-order chi connectivity index (χ0) is 19.2. The van der Waals surface area contributed by atoms with Crippen LogP contribution in [-0.4, -0.2) is 0 Å². The van der Waals surface area contributed by atoms with E-state index in [2.05, 4.69) is 88.8 Å². The minimum absolute atomic E-state index is 0.151. The minimum Gasteiger partial charge on any atom is -0.103 e. The summed E-state index contributed by atoms with van der Waals surface area (Å²) in [5.41, 5.74) is 9.25. The van der Waals surface area contributed by atoms with Crippen LogP contribution in [0.15, 0.2) is 46.1 Å². The number of hydrogen-bond acceptors (Lipinski definition) is 0. The lowest BCUT2D eigenvalue weighted by Crippen LogP contribution is -2.12. The fourth-order valence-corrected chi connectivity index (χ4v) is 3.61. The Morgan fingerprint density at radius 1 is 0.917 bits per heavy atom. The van der Waals surface area contributed by atoms with Crippen LogP contribution in [0.2, 0.25) is 0 Å². The van der Waals surface area contributed by atoms with Crippen molar-refractivity contribution in [2.75, 3.05) is 0 Å².